The van der Waals surface area contributed by atoms with Crippen molar-refractivity contribution in [2.24, 2.45) is 0 Å². The zero-order chi connectivity index (χ0) is 10.3. The van der Waals surface area contributed by atoms with Gasteiger partial charge in [0.05, 0.1) is 0 Å². The van der Waals surface area contributed by atoms with Gasteiger partial charge in [-0.05, 0) is 36.5 Å². The summed E-state index contributed by atoms with van der Waals surface area (Å²) in [5.74, 6) is 0. The van der Waals surface area contributed by atoms with Crippen molar-refractivity contribution in [3.8, 4) is 0 Å². The quantitative estimate of drug-likeness (QED) is 0.739. The Balaban J connectivity index is 2.58. The van der Waals surface area contributed by atoms with Gasteiger partial charge in [0, 0.05) is 16.2 Å². The molecule has 1 heterocycles. The minimum atomic E-state index is 0.264. The van der Waals surface area contributed by atoms with Crippen molar-refractivity contribution in [3.63, 3.8) is 0 Å². The van der Waals surface area contributed by atoms with Crippen molar-refractivity contribution < 1.29 is 0 Å². The summed E-state index contributed by atoms with van der Waals surface area (Å²) in [6.07, 6.45) is 1.18. The van der Waals surface area contributed by atoms with Crippen LogP contribution in [0.2, 0.25) is 0 Å². The highest BCUT2D eigenvalue weighted by Gasteiger charge is 2.32. The molecule has 0 amide bonds. The van der Waals surface area contributed by atoms with Gasteiger partial charge in [0.1, 0.15) is 0 Å². The van der Waals surface area contributed by atoms with Crippen LogP contribution >= 0.6 is 15.9 Å². The van der Waals surface area contributed by atoms with E-state index in [0.29, 0.717) is 6.04 Å². The van der Waals surface area contributed by atoms with Gasteiger partial charge in [0.25, 0.3) is 0 Å². The fraction of sp³-hybridized carbons (Fsp3) is 0.500. The summed E-state index contributed by atoms with van der Waals surface area (Å²) >= 11 is 3.64. The number of anilines is 1. The first kappa shape index (κ1) is 10.0. The molecule has 0 fully saturated rings. The Bertz CT molecular complexity index is 357. The minimum Gasteiger partial charge on any atom is -0.382 e. The van der Waals surface area contributed by atoms with E-state index in [2.05, 4.69) is 60.2 Å². The lowest BCUT2D eigenvalue weighted by molar-refractivity contribution is 0.432. The van der Waals surface area contributed by atoms with E-state index in [-0.39, 0.29) is 5.41 Å². The van der Waals surface area contributed by atoms with Crippen molar-refractivity contribution >= 4 is 21.6 Å². The van der Waals surface area contributed by atoms with E-state index in [1.807, 2.05) is 0 Å². The predicted molar refractivity (Wildman–Crippen MR) is 64.9 cm³/mol. The van der Waals surface area contributed by atoms with Gasteiger partial charge in [0.15, 0.2) is 0 Å². The minimum absolute atomic E-state index is 0.264. The molecule has 1 aromatic carbocycles. The van der Waals surface area contributed by atoms with Gasteiger partial charge < -0.3 is 5.32 Å². The SMILES string of the molecule is CC1CC(C)(C)c2c(Br)cccc2N1. The van der Waals surface area contributed by atoms with Crippen LogP contribution in [-0.4, -0.2) is 6.04 Å². The van der Waals surface area contributed by atoms with Crippen molar-refractivity contribution in [1.82, 2.24) is 0 Å². The first-order valence-electron chi connectivity index (χ1n) is 5.06. The topological polar surface area (TPSA) is 12.0 Å². The molecule has 1 N–H and O–H groups in total. The highest BCUT2D eigenvalue weighted by atomic mass is 79.9. The Morgan fingerprint density at radius 2 is 2.14 bits per heavy atom. The summed E-state index contributed by atoms with van der Waals surface area (Å²) in [5.41, 5.74) is 2.96. The van der Waals surface area contributed by atoms with Crippen LogP contribution in [0.3, 0.4) is 0 Å². The second-order valence-corrected chi connectivity index (χ2v) is 5.65. The average Bonchev–Trinajstić information content (AvgIpc) is 2.00. The highest BCUT2D eigenvalue weighted by Crippen LogP contribution is 2.42. The molecule has 0 radical (unpaired) electrons. The van der Waals surface area contributed by atoms with Crippen LogP contribution in [0.1, 0.15) is 32.8 Å². The molecule has 1 nitrogen and oxygen atoms in total. The highest BCUT2D eigenvalue weighted by molar-refractivity contribution is 9.10. The number of fused-ring (bicyclic) bond motifs is 1. The molecule has 0 saturated heterocycles. The van der Waals surface area contributed by atoms with E-state index in [9.17, 15) is 0 Å². The maximum atomic E-state index is 3.64. The standard InChI is InChI=1S/C12H16BrN/c1-8-7-12(2,3)11-9(13)5-4-6-10(11)14-8/h4-6,8,14H,7H2,1-3H3. The van der Waals surface area contributed by atoms with Crippen LogP contribution in [0.5, 0.6) is 0 Å². The fourth-order valence-electron chi connectivity index (χ4n) is 2.52. The molecule has 0 saturated carbocycles. The molecular formula is C12H16BrN. The van der Waals surface area contributed by atoms with E-state index in [1.54, 1.807) is 0 Å². The Morgan fingerprint density at radius 3 is 2.86 bits per heavy atom. The molecule has 1 aromatic rings. The van der Waals surface area contributed by atoms with Gasteiger partial charge in [-0.2, -0.15) is 0 Å². The van der Waals surface area contributed by atoms with Gasteiger partial charge in [-0.15, -0.1) is 0 Å². The molecule has 1 unspecified atom stereocenters. The summed E-state index contributed by atoms with van der Waals surface area (Å²) in [5, 5.41) is 3.53. The largest absolute Gasteiger partial charge is 0.382 e. The van der Waals surface area contributed by atoms with Gasteiger partial charge in [-0.1, -0.05) is 35.8 Å². The molecule has 1 atom stereocenters. The average molecular weight is 254 g/mol. The second kappa shape index (κ2) is 3.27. The van der Waals surface area contributed by atoms with Crippen LogP contribution in [0.4, 0.5) is 5.69 Å². The fourth-order valence-corrected chi connectivity index (χ4v) is 3.42. The van der Waals surface area contributed by atoms with Crippen LogP contribution < -0.4 is 5.32 Å². The van der Waals surface area contributed by atoms with Gasteiger partial charge in [-0.25, -0.2) is 0 Å². The van der Waals surface area contributed by atoms with Crippen LogP contribution in [-0.2, 0) is 5.41 Å². The summed E-state index contributed by atoms with van der Waals surface area (Å²) in [4.78, 5) is 0. The molecule has 0 bridgehead atoms. The molecular weight excluding hydrogens is 238 g/mol. The number of hydrogen-bond donors (Lipinski definition) is 1. The van der Waals surface area contributed by atoms with Crippen LogP contribution in [0.15, 0.2) is 22.7 Å². The Morgan fingerprint density at radius 1 is 1.43 bits per heavy atom. The van der Waals surface area contributed by atoms with E-state index >= 15 is 0 Å². The van der Waals surface area contributed by atoms with Crippen molar-refractivity contribution in [1.29, 1.82) is 0 Å². The molecule has 1 aliphatic heterocycles. The maximum absolute atomic E-state index is 3.64. The van der Waals surface area contributed by atoms with Crippen molar-refractivity contribution in [2.75, 3.05) is 5.32 Å². The number of nitrogens with one attached hydrogen (secondary N) is 1. The molecule has 0 aromatic heterocycles. The first-order chi connectivity index (χ1) is 6.50. The Hall–Kier alpha value is -0.500. The lowest BCUT2D eigenvalue weighted by Gasteiger charge is -2.38. The molecule has 2 rings (SSSR count). The lowest BCUT2D eigenvalue weighted by atomic mass is 9.76. The second-order valence-electron chi connectivity index (χ2n) is 4.80. The summed E-state index contributed by atoms with van der Waals surface area (Å²) in [6, 6.07) is 6.94. The number of hydrogen-bond acceptors (Lipinski definition) is 1. The smallest absolute Gasteiger partial charge is 0.0391 e. The predicted octanol–water partition coefficient (Wildman–Crippen LogP) is 3.93. The molecule has 0 spiro atoms. The third-order valence-corrected chi connectivity index (χ3v) is 3.57. The third kappa shape index (κ3) is 1.56. The zero-order valence-corrected chi connectivity index (χ0v) is 10.5. The van der Waals surface area contributed by atoms with Gasteiger partial charge >= 0.3 is 0 Å². The Kier molecular flexibility index (Phi) is 2.34. The molecule has 2 heteroatoms. The normalized spacial score (nSPS) is 23.9. The van der Waals surface area contributed by atoms with Crippen LogP contribution in [0, 0.1) is 0 Å². The Labute approximate surface area is 94.0 Å². The summed E-state index contributed by atoms with van der Waals surface area (Å²) in [7, 11) is 0. The van der Waals surface area contributed by atoms with E-state index in [0.717, 1.165) is 0 Å². The molecule has 14 heavy (non-hydrogen) atoms. The number of benzene rings is 1. The number of halogens is 1. The summed E-state index contributed by atoms with van der Waals surface area (Å²) < 4.78 is 1.22. The monoisotopic (exact) mass is 253 g/mol. The molecule has 0 aliphatic carbocycles. The molecule has 76 valence electrons. The van der Waals surface area contributed by atoms with Crippen molar-refractivity contribution in [3.05, 3.63) is 28.2 Å². The van der Waals surface area contributed by atoms with Crippen molar-refractivity contribution in [2.45, 2.75) is 38.6 Å². The van der Waals surface area contributed by atoms with E-state index in [1.165, 1.54) is 22.1 Å². The lowest BCUT2D eigenvalue weighted by Crippen LogP contribution is -2.34. The number of rotatable bonds is 0. The zero-order valence-electron chi connectivity index (χ0n) is 8.89. The van der Waals surface area contributed by atoms with E-state index in [4.69, 9.17) is 0 Å². The maximum Gasteiger partial charge on any atom is 0.0391 e. The van der Waals surface area contributed by atoms with Crippen LogP contribution in [0.25, 0.3) is 0 Å². The van der Waals surface area contributed by atoms with Gasteiger partial charge in [-0.3, -0.25) is 0 Å². The first-order valence-corrected chi connectivity index (χ1v) is 5.85. The molecule has 1 aliphatic rings. The van der Waals surface area contributed by atoms with Gasteiger partial charge in [0.2, 0.25) is 0 Å². The third-order valence-electron chi connectivity index (χ3n) is 2.91. The van der Waals surface area contributed by atoms with E-state index < -0.39 is 0 Å². The summed E-state index contributed by atoms with van der Waals surface area (Å²) in [6.45, 7) is 6.87.